The molecule has 0 atom stereocenters. The van der Waals surface area contributed by atoms with E-state index in [0.717, 1.165) is 18.6 Å². The average Bonchev–Trinajstić information content (AvgIpc) is 2.70. The molecule has 0 heterocycles. The Bertz CT molecular complexity index is 402. The van der Waals surface area contributed by atoms with Crippen molar-refractivity contribution < 1.29 is 4.74 Å². The Hall–Kier alpha value is -0.800. The van der Waals surface area contributed by atoms with E-state index in [0.29, 0.717) is 21.7 Å². The molecular formula is C12H14ClNOS. The van der Waals surface area contributed by atoms with E-state index in [-0.39, 0.29) is 0 Å². The molecule has 1 saturated carbocycles. The average molecular weight is 256 g/mol. The van der Waals surface area contributed by atoms with Crippen molar-refractivity contribution in [1.82, 2.24) is 0 Å². The lowest BCUT2D eigenvalue weighted by molar-refractivity contribution is 0.210. The van der Waals surface area contributed by atoms with Crippen LogP contribution in [0.3, 0.4) is 0 Å². The minimum Gasteiger partial charge on any atom is -0.490 e. The number of benzene rings is 1. The summed E-state index contributed by atoms with van der Waals surface area (Å²) in [4.78, 5) is 0.317. The zero-order valence-corrected chi connectivity index (χ0v) is 10.5. The van der Waals surface area contributed by atoms with E-state index >= 15 is 0 Å². The SMILES string of the molecule is NC(=S)c1ccc(OC2CCCC2)cc1Cl. The highest BCUT2D eigenvalue weighted by Crippen LogP contribution is 2.27. The van der Waals surface area contributed by atoms with Gasteiger partial charge >= 0.3 is 0 Å². The zero-order chi connectivity index (χ0) is 11.5. The minimum absolute atomic E-state index is 0.317. The second-order valence-corrected chi connectivity index (χ2v) is 4.88. The fourth-order valence-corrected chi connectivity index (χ4v) is 2.47. The van der Waals surface area contributed by atoms with Crippen molar-refractivity contribution in [3.63, 3.8) is 0 Å². The fraction of sp³-hybridized carbons (Fsp3) is 0.417. The Morgan fingerprint density at radius 1 is 1.38 bits per heavy atom. The lowest BCUT2D eigenvalue weighted by atomic mass is 10.2. The minimum atomic E-state index is 0.317. The summed E-state index contributed by atoms with van der Waals surface area (Å²) in [6, 6.07) is 5.47. The normalized spacial score (nSPS) is 16.3. The molecule has 86 valence electrons. The molecule has 0 aliphatic heterocycles. The topological polar surface area (TPSA) is 35.2 Å². The number of halogens is 1. The number of hydrogen-bond acceptors (Lipinski definition) is 2. The van der Waals surface area contributed by atoms with E-state index in [9.17, 15) is 0 Å². The van der Waals surface area contributed by atoms with E-state index in [1.807, 2.05) is 12.1 Å². The van der Waals surface area contributed by atoms with E-state index < -0.39 is 0 Å². The maximum absolute atomic E-state index is 6.06. The van der Waals surface area contributed by atoms with Crippen LogP contribution in [-0.2, 0) is 0 Å². The number of nitrogens with two attached hydrogens (primary N) is 1. The number of thiocarbonyl (C=S) groups is 1. The summed E-state index contributed by atoms with van der Waals surface area (Å²) in [5.74, 6) is 0.803. The molecular weight excluding hydrogens is 242 g/mol. The van der Waals surface area contributed by atoms with Crippen LogP contribution < -0.4 is 10.5 Å². The molecule has 0 aromatic heterocycles. The molecule has 1 aromatic carbocycles. The van der Waals surface area contributed by atoms with Gasteiger partial charge in [0.2, 0.25) is 0 Å². The first-order valence-corrected chi connectivity index (χ1v) is 6.21. The lowest BCUT2D eigenvalue weighted by Gasteiger charge is -2.13. The second-order valence-electron chi connectivity index (χ2n) is 4.03. The van der Waals surface area contributed by atoms with Crippen molar-refractivity contribution >= 4 is 28.8 Å². The van der Waals surface area contributed by atoms with Crippen molar-refractivity contribution in [3.05, 3.63) is 28.8 Å². The summed E-state index contributed by atoms with van der Waals surface area (Å²) >= 11 is 11.0. The Morgan fingerprint density at radius 3 is 2.62 bits per heavy atom. The summed E-state index contributed by atoms with van der Waals surface area (Å²) in [5.41, 5.74) is 6.24. The molecule has 1 aliphatic carbocycles. The monoisotopic (exact) mass is 255 g/mol. The number of hydrogen-bond donors (Lipinski definition) is 1. The van der Waals surface area contributed by atoms with Crippen molar-refractivity contribution in [2.75, 3.05) is 0 Å². The first-order valence-electron chi connectivity index (χ1n) is 5.43. The van der Waals surface area contributed by atoms with Gasteiger partial charge in [-0.1, -0.05) is 23.8 Å². The molecule has 0 radical (unpaired) electrons. The molecule has 0 bridgehead atoms. The van der Waals surface area contributed by atoms with Crippen molar-refractivity contribution in [2.45, 2.75) is 31.8 Å². The molecule has 16 heavy (non-hydrogen) atoms. The van der Waals surface area contributed by atoms with Crippen molar-refractivity contribution in [1.29, 1.82) is 0 Å². The van der Waals surface area contributed by atoms with Gasteiger partial charge in [0.25, 0.3) is 0 Å². The Morgan fingerprint density at radius 2 is 2.06 bits per heavy atom. The summed E-state index contributed by atoms with van der Waals surface area (Å²) in [6.45, 7) is 0. The van der Waals surface area contributed by atoms with E-state index in [1.165, 1.54) is 12.8 Å². The van der Waals surface area contributed by atoms with Gasteiger partial charge in [-0.25, -0.2) is 0 Å². The van der Waals surface area contributed by atoms with Crippen LogP contribution in [-0.4, -0.2) is 11.1 Å². The quantitative estimate of drug-likeness (QED) is 0.842. The number of rotatable bonds is 3. The zero-order valence-electron chi connectivity index (χ0n) is 8.91. The van der Waals surface area contributed by atoms with Crippen LogP contribution in [0.25, 0.3) is 0 Å². The van der Waals surface area contributed by atoms with Crippen molar-refractivity contribution in [2.24, 2.45) is 5.73 Å². The van der Waals surface area contributed by atoms with Gasteiger partial charge in [0.15, 0.2) is 0 Å². The molecule has 0 saturated heterocycles. The fourth-order valence-electron chi connectivity index (χ4n) is 1.97. The molecule has 0 spiro atoms. The first-order chi connectivity index (χ1) is 7.66. The summed E-state index contributed by atoms with van der Waals surface area (Å²) in [7, 11) is 0. The Kier molecular flexibility index (Phi) is 3.66. The van der Waals surface area contributed by atoms with Crippen LogP contribution in [0.1, 0.15) is 31.2 Å². The van der Waals surface area contributed by atoms with E-state index in [2.05, 4.69) is 0 Å². The van der Waals surface area contributed by atoms with Crippen LogP contribution >= 0.6 is 23.8 Å². The van der Waals surface area contributed by atoms with E-state index in [1.54, 1.807) is 6.07 Å². The third-order valence-electron chi connectivity index (χ3n) is 2.81. The van der Waals surface area contributed by atoms with Crippen LogP contribution in [0.15, 0.2) is 18.2 Å². The summed E-state index contributed by atoms with van der Waals surface area (Å²) in [5, 5.41) is 0.558. The predicted molar refractivity (Wildman–Crippen MR) is 70.2 cm³/mol. The number of ether oxygens (including phenoxy) is 1. The van der Waals surface area contributed by atoms with Gasteiger partial charge in [0.05, 0.1) is 11.1 Å². The van der Waals surface area contributed by atoms with Gasteiger partial charge in [-0.3, -0.25) is 0 Å². The molecule has 2 rings (SSSR count). The second kappa shape index (κ2) is 5.02. The highest BCUT2D eigenvalue weighted by molar-refractivity contribution is 7.80. The molecule has 4 heteroatoms. The Balaban J connectivity index is 2.11. The van der Waals surface area contributed by atoms with Crippen LogP contribution in [0.2, 0.25) is 5.02 Å². The third kappa shape index (κ3) is 2.66. The highest BCUT2D eigenvalue weighted by Gasteiger charge is 2.16. The molecule has 1 aromatic rings. The lowest BCUT2D eigenvalue weighted by Crippen LogP contribution is -2.12. The molecule has 1 aliphatic rings. The van der Waals surface area contributed by atoms with Gasteiger partial charge in [-0.2, -0.15) is 0 Å². The van der Waals surface area contributed by atoms with Crippen LogP contribution in [0.5, 0.6) is 5.75 Å². The third-order valence-corrected chi connectivity index (χ3v) is 3.34. The van der Waals surface area contributed by atoms with Crippen molar-refractivity contribution in [3.8, 4) is 5.75 Å². The maximum atomic E-state index is 6.06. The largest absolute Gasteiger partial charge is 0.490 e. The molecule has 2 nitrogen and oxygen atoms in total. The highest BCUT2D eigenvalue weighted by atomic mass is 35.5. The molecule has 1 fully saturated rings. The van der Waals surface area contributed by atoms with Gasteiger partial charge in [-0.05, 0) is 43.9 Å². The first kappa shape index (κ1) is 11.7. The van der Waals surface area contributed by atoms with Gasteiger partial charge in [0, 0.05) is 5.56 Å². The molecule has 0 amide bonds. The molecule has 0 unspecified atom stereocenters. The Labute approximate surface area is 106 Å². The predicted octanol–water partition coefficient (Wildman–Crippen LogP) is 3.30. The van der Waals surface area contributed by atoms with Gasteiger partial charge < -0.3 is 10.5 Å². The standard InChI is InChI=1S/C12H14ClNOS/c13-11-7-9(5-6-10(11)12(14)16)15-8-3-1-2-4-8/h5-8H,1-4H2,(H2,14,16). The smallest absolute Gasteiger partial charge is 0.121 e. The van der Waals surface area contributed by atoms with Gasteiger partial charge in [-0.15, -0.1) is 0 Å². The van der Waals surface area contributed by atoms with Crippen LogP contribution in [0, 0.1) is 0 Å². The van der Waals surface area contributed by atoms with E-state index in [4.69, 9.17) is 34.3 Å². The maximum Gasteiger partial charge on any atom is 0.121 e. The summed E-state index contributed by atoms with van der Waals surface area (Å²) in [6.07, 6.45) is 5.11. The molecule has 2 N–H and O–H groups in total. The summed E-state index contributed by atoms with van der Waals surface area (Å²) < 4.78 is 5.82. The van der Waals surface area contributed by atoms with Gasteiger partial charge in [0.1, 0.15) is 10.7 Å². The van der Waals surface area contributed by atoms with Crippen LogP contribution in [0.4, 0.5) is 0 Å².